The molecule has 0 fully saturated rings. The van der Waals surface area contributed by atoms with Crippen LogP contribution in [0.15, 0.2) is 30.3 Å². The van der Waals surface area contributed by atoms with Gasteiger partial charge in [0.1, 0.15) is 0 Å². The molecule has 2 nitrogen and oxygen atoms in total. The van der Waals surface area contributed by atoms with E-state index in [2.05, 4.69) is 0 Å². The summed E-state index contributed by atoms with van der Waals surface area (Å²) in [6.45, 7) is 3.37. The minimum Gasteiger partial charge on any atom is -0.389 e. The molecule has 1 aromatic rings. The highest BCUT2D eigenvalue weighted by molar-refractivity contribution is 7.84. The summed E-state index contributed by atoms with van der Waals surface area (Å²) in [5.74, 6) is 0. The summed E-state index contributed by atoms with van der Waals surface area (Å²) in [6.07, 6.45) is 1.62. The van der Waals surface area contributed by atoms with Crippen molar-refractivity contribution in [3.8, 4) is 0 Å². The fourth-order valence-corrected chi connectivity index (χ4v) is 2.99. The van der Waals surface area contributed by atoms with Gasteiger partial charge in [-0.25, -0.2) is 0 Å². The molecule has 1 N–H and O–H groups in total. The van der Waals surface area contributed by atoms with Crippen molar-refractivity contribution in [3.05, 3.63) is 35.9 Å². The average Bonchev–Trinajstić information content (AvgIpc) is 2.02. The fourth-order valence-electron chi connectivity index (χ4n) is 1.63. The molecule has 1 aromatic carbocycles. The predicted octanol–water partition coefficient (Wildman–Crippen LogP) is 1.88. The van der Waals surface area contributed by atoms with Gasteiger partial charge in [0.05, 0.1) is 10.9 Å². The molecular formula is C11H16O2S. The molecule has 78 valence electrons. The van der Waals surface area contributed by atoms with Crippen LogP contribution in [0.3, 0.4) is 0 Å². The van der Waals surface area contributed by atoms with Crippen LogP contribution in [-0.4, -0.2) is 21.2 Å². The zero-order valence-corrected chi connectivity index (χ0v) is 9.54. The minimum absolute atomic E-state index is 0.330. The van der Waals surface area contributed by atoms with Gasteiger partial charge in [-0.2, -0.15) is 0 Å². The van der Waals surface area contributed by atoms with Gasteiger partial charge >= 0.3 is 0 Å². The van der Waals surface area contributed by atoms with E-state index in [0.29, 0.717) is 0 Å². The Morgan fingerprint density at radius 1 is 1.29 bits per heavy atom. The Morgan fingerprint density at radius 2 is 1.79 bits per heavy atom. The van der Waals surface area contributed by atoms with E-state index in [9.17, 15) is 9.32 Å². The van der Waals surface area contributed by atoms with E-state index in [-0.39, 0.29) is 5.25 Å². The van der Waals surface area contributed by atoms with Crippen LogP contribution in [0.4, 0.5) is 0 Å². The number of rotatable bonds is 3. The van der Waals surface area contributed by atoms with Crippen LogP contribution in [-0.2, 0) is 10.8 Å². The van der Waals surface area contributed by atoms with Crippen molar-refractivity contribution in [1.82, 2.24) is 0 Å². The number of hydrogen-bond donors (Lipinski definition) is 1. The third-order valence-electron chi connectivity index (χ3n) is 2.08. The van der Waals surface area contributed by atoms with E-state index >= 15 is 0 Å². The highest BCUT2D eigenvalue weighted by Gasteiger charge is 2.31. The number of benzene rings is 1. The summed E-state index contributed by atoms with van der Waals surface area (Å²) < 4.78 is 11.5. The Bertz CT molecular complexity index is 314. The summed E-state index contributed by atoms with van der Waals surface area (Å²) >= 11 is 0. The monoisotopic (exact) mass is 212 g/mol. The first kappa shape index (κ1) is 11.4. The molecule has 0 aliphatic carbocycles. The average molecular weight is 212 g/mol. The van der Waals surface area contributed by atoms with E-state index in [1.807, 2.05) is 30.3 Å². The lowest BCUT2D eigenvalue weighted by Gasteiger charge is -2.27. The molecule has 1 rings (SSSR count). The van der Waals surface area contributed by atoms with Gasteiger partial charge in [-0.1, -0.05) is 30.3 Å². The highest BCUT2D eigenvalue weighted by Crippen LogP contribution is 2.30. The molecule has 0 aliphatic heterocycles. The Balaban J connectivity index is 3.08. The van der Waals surface area contributed by atoms with Gasteiger partial charge in [-0.05, 0) is 19.4 Å². The molecule has 0 aliphatic rings. The molecule has 3 heteroatoms. The summed E-state index contributed by atoms with van der Waals surface area (Å²) in [5.41, 5.74) is -0.0399. The summed E-state index contributed by atoms with van der Waals surface area (Å²) in [4.78, 5) is 0. The summed E-state index contributed by atoms with van der Waals surface area (Å²) in [7, 11) is -1.07. The Kier molecular flexibility index (Phi) is 3.45. The van der Waals surface area contributed by atoms with Gasteiger partial charge in [0.2, 0.25) is 0 Å². The third-order valence-corrected chi connectivity index (χ3v) is 3.59. The molecule has 0 radical (unpaired) electrons. The first-order valence-electron chi connectivity index (χ1n) is 4.52. The molecule has 0 aromatic heterocycles. The lowest BCUT2D eigenvalue weighted by molar-refractivity contribution is 0.0763. The van der Waals surface area contributed by atoms with Crippen LogP contribution in [0.1, 0.15) is 24.7 Å². The molecule has 0 saturated heterocycles. The zero-order chi connectivity index (χ0) is 10.8. The van der Waals surface area contributed by atoms with Crippen molar-refractivity contribution >= 4 is 10.8 Å². The van der Waals surface area contributed by atoms with Gasteiger partial charge in [0, 0.05) is 17.1 Å². The third kappa shape index (κ3) is 2.66. The number of aliphatic hydroxyl groups is 1. The van der Waals surface area contributed by atoms with Crippen LogP contribution >= 0.6 is 0 Å². The quantitative estimate of drug-likeness (QED) is 0.830. The molecule has 14 heavy (non-hydrogen) atoms. The van der Waals surface area contributed by atoms with E-state index in [1.165, 1.54) is 0 Å². The maximum atomic E-state index is 11.5. The van der Waals surface area contributed by atoms with Gasteiger partial charge < -0.3 is 5.11 Å². The first-order valence-corrected chi connectivity index (χ1v) is 6.14. The van der Waals surface area contributed by atoms with Crippen molar-refractivity contribution in [2.45, 2.75) is 24.7 Å². The molecule has 2 unspecified atom stereocenters. The van der Waals surface area contributed by atoms with Gasteiger partial charge in [-0.15, -0.1) is 0 Å². The predicted molar refractivity (Wildman–Crippen MR) is 59.5 cm³/mol. The van der Waals surface area contributed by atoms with E-state index in [4.69, 9.17) is 0 Å². The standard InChI is InChI=1S/C11H16O2S/c1-11(2,12)10(14(3)13)9-7-5-4-6-8-9/h4-8,10,12H,1-3H3. The van der Waals surface area contributed by atoms with Crippen LogP contribution in [0.2, 0.25) is 0 Å². The molecule has 0 bridgehead atoms. The fraction of sp³-hybridized carbons (Fsp3) is 0.455. The molecule has 0 saturated carbocycles. The second-order valence-electron chi connectivity index (χ2n) is 3.94. The molecule has 2 atom stereocenters. The van der Waals surface area contributed by atoms with E-state index < -0.39 is 16.4 Å². The SMILES string of the molecule is CS(=O)C(c1ccccc1)C(C)(C)O. The van der Waals surface area contributed by atoms with Crippen molar-refractivity contribution in [1.29, 1.82) is 0 Å². The Hall–Kier alpha value is -0.670. The lowest BCUT2D eigenvalue weighted by Crippen LogP contribution is -2.31. The summed E-state index contributed by atoms with van der Waals surface area (Å²) in [6, 6.07) is 9.47. The van der Waals surface area contributed by atoms with Crippen LogP contribution in [0, 0.1) is 0 Å². The van der Waals surface area contributed by atoms with Crippen molar-refractivity contribution in [2.75, 3.05) is 6.26 Å². The lowest BCUT2D eigenvalue weighted by atomic mass is 9.98. The molecule has 0 spiro atoms. The minimum atomic E-state index is -1.07. The van der Waals surface area contributed by atoms with Crippen LogP contribution < -0.4 is 0 Å². The first-order chi connectivity index (χ1) is 6.43. The molecule has 0 amide bonds. The highest BCUT2D eigenvalue weighted by atomic mass is 32.2. The maximum absolute atomic E-state index is 11.5. The molecule has 0 heterocycles. The Labute approximate surface area is 87.4 Å². The van der Waals surface area contributed by atoms with Gasteiger partial charge in [-0.3, -0.25) is 4.21 Å². The smallest absolute Gasteiger partial charge is 0.0876 e. The van der Waals surface area contributed by atoms with Gasteiger partial charge in [0.25, 0.3) is 0 Å². The van der Waals surface area contributed by atoms with Crippen LogP contribution in [0.25, 0.3) is 0 Å². The van der Waals surface area contributed by atoms with Gasteiger partial charge in [0.15, 0.2) is 0 Å². The normalized spacial score (nSPS) is 16.3. The summed E-state index contributed by atoms with van der Waals surface area (Å²) in [5, 5.41) is 9.58. The maximum Gasteiger partial charge on any atom is 0.0876 e. The van der Waals surface area contributed by atoms with E-state index in [0.717, 1.165) is 5.56 Å². The topological polar surface area (TPSA) is 37.3 Å². The second-order valence-corrected chi connectivity index (χ2v) is 5.41. The second kappa shape index (κ2) is 4.24. The molecular weight excluding hydrogens is 196 g/mol. The van der Waals surface area contributed by atoms with E-state index in [1.54, 1.807) is 20.1 Å². The van der Waals surface area contributed by atoms with Crippen LogP contribution in [0.5, 0.6) is 0 Å². The van der Waals surface area contributed by atoms with Crippen molar-refractivity contribution in [2.24, 2.45) is 0 Å². The van der Waals surface area contributed by atoms with Crippen molar-refractivity contribution < 1.29 is 9.32 Å². The zero-order valence-electron chi connectivity index (χ0n) is 8.73. The largest absolute Gasteiger partial charge is 0.389 e. The number of hydrogen-bond acceptors (Lipinski definition) is 2. The Morgan fingerprint density at radius 3 is 2.14 bits per heavy atom. The van der Waals surface area contributed by atoms with Crippen molar-refractivity contribution in [3.63, 3.8) is 0 Å².